The largest absolute Gasteiger partial charge is 0.444 e. The molecule has 1 amide bonds. The van der Waals surface area contributed by atoms with E-state index in [2.05, 4.69) is 0 Å². The molecule has 90 valence electrons. The highest BCUT2D eigenvalue weighted by Crippen LogP contribution is 2.24. The van der Waals surface area contributed by atoms with E-state index in [1.807, 2.05) is 0 Å². The minimum atomic E-state index is -4.44. The molecule has 0 rings (SSSR count). The van der Waals surface area contributed by atoms with Gasteiger partial charge in [0.2, 0.25) is 0 Å². The standard InChI is InChI=1S/C9H16F3NO2/c1-6(9(10,11)12)13(5)7(14)15-8(2,3)4/h6H,1-5H3. The lowest BCUT2D eigenvalue weighted by Crippen LogP contribution is -2.46. The number of alkyl halides is 3. The molecule has 0 aliphatic rings. The van der Waals surface area contributed by atoms with E-state index >= 15 is 0 Å². The lowest BCUT2D eigenvalue weighted by Gasteiger charge is -2.29. The van der Waals surface area contributed by atoms with Crippen LogP contribution in [0, 0.1) is 0 Å². The van der Waals surface area contributed by atoms with E-state index in [0.29, 0.717) is 4.90 Å². The molecular weight excluding hydrogens is 211 g/mol. The van der Waals surface area contributed by atoms with Crippen molar-refractivity contribution in [2.24, 2.45) is 0 Å². The summed E-state index contributed by atoms with van der Waals surface area (Å²) in [6.45, 7) is 5.69. The predicted octanol–water partition coefficient (Wildman–Crippen LogP) is 2.80. The third-order valence-electron chi connectivity index (χ3n) is 1.74. The van der Waals surface area contributed by atoms with Crippen LogP contribution in [0.5, 0.6) is 0 Å². The summed E-state index contributed by atoms with van der Waals surface area (Å²) in [4.78, 5) is 11.8. The molecule has 0 saturated heterocycles. The average molecular weight is 227 g/mol. The summed E-state index contributed by atoms with van der Waals surface area (Å²) in [6, 6.07) is -1.85. The topological polar surface area (TPSA) is 29.5 Å². The monoisotopic (exact) mass is 227 g/mol. The van der Waals surface area contributed by atoms with Gasteiger partial charge in [0, 0.05) is 7.05 Å². The van der Waals surface area contributed by atoms with Crippen LogP contribution in [0.15, 0.2) is 0 Å². The first-order valence-corrected chi connectivity index (χ1v) is 4.47. The van der Waals surface area contributed by atoms with Crippen molar-refractivity contribution in [2.45, 2.75) is 45.5 Å². The van der Waals surface area contributed by atoms with Gasteiger partial charge in [0.05, 0.1) is 0 Å². The van der Waals surface area contributed by atoms with Crippen LogP contribution < -0.4 is 0 Å². The first-order chi connectivity index (χ1) is 6.45. The molecule has 0 spiro atoms. The number of carbonyl (C=O) groups is 1. The molecule has 0 fully saturated rings. The molecule has 0 aromatic heterocycles. The number of rotatable bonds is 1. The summed E-state index contributed by atoms with van der Waals surface area (Å²) in [5.74, 6) is 0. The van der Waals surface area contributed by atoms with Crippen molar-refractivity contribution in [3.8, 4) is 0 Å². The fourth-order valence-corrected chi connectivity index (χ4v) is 0.712. The Morgan fingerprint density at radius 2 is 1.67 bits per heavy atom. The van der Waals surface area contributed by atoms with Gasteiger partial charge >= 0.3 is 12.3 Å². The maximum Gasteiger partial charge on any atom is 0.410 e. The van der Waals surface area contributed by atoms with E-state index in [9.17, 15) is 18.0 Å². The molecule has 0 aromatic rings. The van der Waals surface area contributed by atoms with Crippen molar-refractivity contribution < 1.29 is 22.7 Å². The average Bonchev–Trinajstić information content (AvgIpc) is 1.96. The first-order valence-electron chi connectivity index (χ1n) is 4.47. The summed E-state index contributed by atoms with van der Waals surface area (Å²) in [7, 11) is 1.06. The second-order valence-electron chi connectivity index (χ2n) is 4.31. The highest BCUT2D eigenvalue weighted by atomic mass is 19.4. The van der Waals surface area contributed by atoms with E-state index in [-0.39, 0.29) is 0 Å². The first kappa shape index (κ1) is 14.1. The smallest absolute Gasteiger partial charge is 0.410 e. The maximum absolute atomic E-state index is 12.2. The molecule has 0 aliphatic carbocycles. The van der Waals surface area contributed by atoms with E-state index in [0.717, 1.165) is 14.0 Å². The molecule has 1 unspecified atom stereocenters. The Labute approximate surface area is 87.2 Å². The Morgan fingerprint density at radius 3 is 1.93 bits per heavy atom. The Bertz CT molecular complexity index is 232. The molecule has 0 saturated carbocycles. The van der Waals surface area contributed by atoms with Crippen molar-refractivity contribution in [1.29, 1.82) is 0 Å². The van der Waals surface area contributed by atoms with Crippen molar-refractivity contribution in [3.05, 3.63) is 0 Å². The van der Waals surface area contributed by atoms with Gasteiger partial charge in [-0.15, -0.1) is 0 Å². The van der Waals surface area contributed by atoms with Gasteiger partial charge < -0.3 is 4.74 Å². The van der Waals surface area contributed by atoms with E-state index in [1.54, 1.807) is 20.8 Å². The zero-order chi connectivity index (χ0) is 12.4. The molecule has 0 aromatic carbocycles. The third kappa shape index (κ3) is 4.90. The zero-order valence-electron chi connectivity index (χ0n) is 9.47. The zero-order valence-corrected chi connectivity index (χ0v) is 9.47. The van der Waals surface area contributed by atoms with Crippen LogP contribution in [-0.4, -0.2) is 35.9 Å². The molecule has 15 heavy (non-hydrogen) atoms. The van der Waals surface area contributed by atoms with Crippen molar-refractivity contribution in [1.82, 2.24) is 4.90 Å². The highest BCUT2D eigenvalue weighted by Gasteiger charge is 2.41. The van der Waals surface area contributed by atoms with Crippen molar-refractivity contribution in [2.75, 3.05) is 7.05 Å². The number of ether oxygens (including phenoxy) is 1. The predicted molar refractivity (Wildman–Crippen MR) is 49.5 cm³/mol. The van der Waals surface area contributed by atoms with Gasteiger partial charge in [-0.2, -0.15) is 13.2 Å². The lowest BCUT2D eigenvalue weighted by atomic mass is 10.2. The molecule has 0 aliphatic heterocycles. The molecule has 1 atom stereocenters. The molecular formula is C9H16F3NO2. The van der Waals surface area contributed by atoms with Crippen LogP contribution in [-0.2, 0) is 4.74 Å². The summed E-state index contributed by atoms with van der Waals surface area (Å²) < 4.78 is 41.5. The summed E-state index contributed by atoms with van der Waals surface area (Å²) in [6.07, 6.45) is -5.42. The van der Waals surface area contributed by atoms with Crippen LogP contribution in [0.25, 0.3) is 0 Å². The van der Waals surface area contributed by atoms with Crippen LogP contribution in [0.2, 0.25) is 0 Å². The Balaban J connectivity index is 4.46. The molecule has 0 bridgehead atoms. The minimum absolute atomic E-state index is 0.533. The Morgan fingerprint density at radius 1 is 1.27 bits per heavy atom. The molecule has 0 heterocycles. The number of nitrogens with zero attached hydrogens (tertiary/aromatic N) is 1. The Hall–Kier alpha value is -0.940. The van der Waals surface area contributed by atoms with E-state index in [1.165, 1.54) is 0 Å². The van der Waals surface area contributed by atoms with Crippen LogP contribution in [0.1, 0.15) is 27.7 Å². The second kappa shape index (κ2) is 4.28. The van der Waals surface area contributed by atoms with E-state index < -0.39 is 23.9 Å². The molecule has 0 radical (unpaired) electrons. The van der Waals surface area contributed by atoms with Crippen molar-refractivity contribution in [3.63, 3.8) is 0 Å². The van der Waals surface area contributed by atoms with Gasteiger partial charge in [0.15, 0.2) is 0 Å². The number of amides is 1. The minimum Gasteiger partial charge on any atom is -0.444 e. The van der Waals surface area contributed by atoms with Crippen LogP contribution in [0.4, 0.5) is 18.0 Å². The van der Waals surface area contributed by atoms with Gasteiger partial charge in [0.25, 0.3) is 0 Å². The number of hydrogen-bond acceptors (Lipinski definition) is 2. The lowest BCUT2D eigenvalue weighted by molar-refractivity contribution is -0.172. The van der Waals surface area contributed by atoms with Gasteiger partial charge in [-0.1, -0.05) is 0 Å². The third-order valence-corrected chi connectivity index (χ3v) is 1.74. The second-order valence-corrected chi connectivity index (χ2v) is 4.31. The molecule has 0 N–H and O–H groups in total. The summed E-state index contributed by atoms with van der Waals surface area (Å²) in [5, 5.41) is 0. The van der Waals surface area contributed by atoms with E-state index in [4.69, 9.17) is 4.74 Å². The fraction of sp³-hybridized carbons (Fsp3) is 0.889. The van der Waals surface area contributed by atoms with Crippen LogP contribution in [0.3, 0.4) is 0 Å². The van der Waals surface area contributed by atoms with Gasteiger partial charge in [-0.05, 0) is 27.7 Å². The number of hydrogen-bond donors (Lipinski definition) is 0. The fourth-order valence-electron chi connectivity index (χ4n) is 0.712. The maximum atomic E-state index is 12.2. The quantitative estimate of drug-likeness (QED) is 0.689. The van der Waals surface area contributed by atoms with Crippen molar-refractivity contribution >= 4 is 6.09 Å². The molecule has 3 nitrogen and oxygen atoms in total. The highest BCUT2D eigenvalue weighted by molar-refractivity contribution is 5.68. The molecule has 6 heteroatoms. The summed E-state index contributed by atoms with van der Waals surface area (Å²) in [5.41, 5.74) is -0.795. The number of carbonyl (C=O) groups excluding carboxylic acids is 1. The van der Waals surface area contributed by atoms with Gasteiger partial charge in [0.1, 0.15) is 11.6 Å². The van der Waals surface area contributed by atoms with Gasteiger partial charge in [-0.25, -0.2) is 4.79 Å². The van der Waals surface area contributed by atoms with Gasteiger partial charge in [-0.3, -0.25) is 4.90 Å². The Kier molecular flexibility index (Phi) is 4.01. The normalized spacial score (nSPS) is 14.7. The summed E-state index contributed by atoms with van der Waals surface area (Å²) >= 11 is 0. The number of halogens is 3. The SMILES string of the molecule is CC(N(C)C(=O)OC(C)(C)C)C(F)(F)F. The van der Waals surface area contributed by atoms with Crippen LogP contribution >= 0.6 is 0 Å².